The molecule has 12 nitrogen and oxygen atoms in total. The molecule has 0 radical (unpaired) electrons. The zero-order valence-corrected chi connectivity index (χ0v) is 32.0. The molecule has 2 aromatic heterocycles. The van der Waals surface area contributed by atoms with Crippen LogP contribution in [0, 0.1) is 0 Å². The van der Waals surface area contributed by atoms with Crippen molar-refractivity contribution in [2.75, 3.05) is 33.2 Å². The maximum atomic E-state index is 12.4. The number of carbonyl (C=O) groups is 4. The van der Waals surface area contributed by atoms with Gasteiger partial charge in [0.2, 0.25) is 0 Å². The minimum Gasteiger partial charge on any atom is -0.478 e. The fourth-order valence-electron chi connectivity index (χ4n) is 7.63. The van der Waals surface area contributed by atoms with Crippen molar-refractivity contribution >= 4 is 45.9 Å². The number of rotatable bonds is 8. The van der Waals surface area contributed by atoms with Crippen LogP contribution in [0.3, 0.4) is 0 Å². The van der Waals surface area contributed by atoms with Crippen molar-refractivity contribution in [3.63, 3.8) is 0 Å². The van der Waals surface area contributed by atoms with E-state index in [4.69, 9.17) is 9.47 Å². The number of hydrogen-bond donors (Lipinski definition) is 2. The fourth-order valence-corrected chi connectivity index (χ4v) is 7.63. The topological polar surface area (TPSA) is 135 Å². The zero-order valence-electron chi connectivity index (χ0n) is 32.0. The maximum Gasteiger partial charge on any atom is 0.410 e. The molecule has 2 N–H and O–H groups in total. The summed E-state index contributed by atoms with van der Waals surface area (Å²) >= 11 is 0. The molecule has 0 bridgehead atoms. The van der Waals surface area contributed by atoms with Crippen LogP contribution >= 0.6 is 0 Å². The number of aromatic carboxylic acids is 1. The minimum atomic E-state index is -0.925. The Hall–Kier alpha value is -6.56. The van der Waals surface area contributed by atoms with Crippen molar-refractivity contribution in [3.8, 4) is 0 Å². The van der Waals surface area contributed by atoms with E-state index in [-0.39, 0.29) is 36.3 Å². The Kier molecular flexibility index (Phi) is 12.2. The maximum absolute atomic E-state index is 12.4. The van der Waals surface area contributed by atoms with Crippen LogP contribution in [-0.4, -0.2) is 81.3 Å². The van der Waals surface area contributed by atoms with Gasteiger partial charge in [0, 0.05) is 74.3 Å². The summed E-state index contributed by atoms with van der Waals surface area (Å²) in [4.78, 5) is 51.5. The molecule has 8 rings (SSSR count). The predicted octanol–water partition coefficient (Wildman–Crippen LogP) is 8.29. The van der Waals surface area contributed by atoms with Crippen LogP contribution in [0.2, 0.25) is 0 Å². The number of carboxylic acid groups (broad SMARTS) is 1. The number of benzene rings is 4. The summed E-state index contributed by atoms with van der Waals surface area (Å²) in [6.45, 7) is 3.14. The molecule has 2 aliphatic heterocycles. The second-order valence-corrected chi connectivity index (χ2v) is 14.4. The molecule has 2 fully saturated rings. The van der Waals surface area contributed by atoms with Gasteiger partial charge >= 0.3 is 18.2 Å². The number of carbonyl (C=O) groups excluding carboxylic acids is 3. The van der Waals surface area contributed by atoms with Crippen LogP contribution < -0.4 is 5.32 Å². The number of carboxylic acids is 1. The van der Waals surface area contributed by atoms with Gasteiger partial charge in [-0.2, -0.15) is 0 Å². The van der Waals surface area contributed by atoms with Crippen LogP contribution in [0.25, 0.3) is 21.8 Å². The van der Waals surface area contributed by atoms with Gasteiger partial charge in [0.1, 0.15) is 13.2 Å². The van der Waals surface area contributed by atoms with E-state index < -0.39 is 5.97 Å². The smallest absolute Gasteiger partial charge is 0.410 e. The fraction of sp³-hybridized carbons (Fsp3) is 0.289. The van der Waals surface area contributed by atoms with Crippen LogP contribution in [-0.2, 0) is 22.7 Å². The molecule has 57 heavy (non-hydrogen) atoms. The van der Waals surface area contributed by atoms with Crippen LogP contribution in [0.1, 0.15) is 69.6 Å². The van der Waals surface area contributed by atoms with Gasteiger partial charge in [-0.15, -0.1) is 0 Å². The number of nitrogens with zero attached hydrogens (tertiary/aromatic N) is 4. The van der Waals surface area contributed by atoms with Gasteiger partial charge in [0.15, 0.2) is 0 Å². The van der Waals surface area contributed by atoms with Gasteiger partial charge in [0.05, 0.1) is 5.56 Å². The summed E-state index contributed by atoms with van der Waals surface area (Å²) < 4.78 is 15.2. The highest BCUT2D eigenvalue weighted by atomic mass is 16.6. The Morgan fingerprint density at radius 1 is 0.596 bits per heavy atom. The van der Waals surface area contributed by atoms with Gasteiger partial charge in [-0.25, -0.2) is 14.4 Å². The van der Waals surface area contributed by atoms with Crippen molar-refractivity contribution < 1.29 is 33.8 Å². The van der Waals surface area contributed by atoms with Crippen molar-refractivity contribution in [1.82, 2.24) is 24.3 Å². The molecule has 0 saturated carbocycles. The third-order valence-corrected chi connectivity index (χ3v) is 10.8. The standard InChI is InChI=1S/C23H25N3O3.C22H22N2O4/c1-24-22(27)19-8-7-18-9-14-26(21(18)15-19)20-10-12-25(13-11-20)23(28)29-16-17-5-3-2-4-6-17;25-21(26)18-7-6-17-8-13-24(20(17)14-18)19-9-11-23(12-10-19)22(27)28-15-16-4-2-1-3-5-16/h2-9,14-15,20H,10-13,16H2,1H3,(H,24,27);1-8,13-14,19H,9-12,15H2,(H,25,26). The quantitative estimate of drug-likeness (QED) is 0.159. The highest BCUT2D eigenvalue weighted by Crippen LogP contribution is 2.30. The Balaban J connectivity index is 0.000000174. The molecule has 0 aliphatic carbocycles. The summed E-state index contributed by atoms with van der Waals surface area (Å²) in [6, 6.07) is 34.9. The van der Waals surface area contributed by atoms with E-state index in [9.17, 15) is 24.3 Å². The Labute approximate surface area is 331 Å². The van der Waals surface area contributed by atoms with E-state index in [0.717, 1.165) is 58.6 Å². The first-order valence-electron chi connectivity index (χ1n) is 19.3. The van der Waals surface area contributed by atoms with E-state index >= 15 is 0 Å². The minimum absolute atomic E-state index is 0.0874. The molecule has 2 aliphatic rings. The first-order chi connectivity index (χ1) is 27.8. The van der Waals surface area contributed by atoms with Crippen LogP contribution in [0.5, 0.6) is 0 Å². The molecular weight excluding hydrogens is 723 g/mol. The number of ether oxygens (including phenoxy) is 2. The third kappa shape index (κ3) is 9.29. The summed E-state index contributed by atoms with van der Waals surface area (Å²) in [6.07, 6.45) is 6.86. The highest BCUT2D eigenvalue weighted by molar-refractivity contribution is 5.98. The Bertz CT molecular complexity index is 2320. The van der Waals surface area contributed by atoms with E-state index in [1.165, 1.54) is 0 Å². The second kappa shape index (κ2) is 17.9. The van der Waals surface area contributed by atoms with Crippen molar-refractivity contribution in [2.24, 2.45) is 0 Å². The monoisotopic (exact) mass is 769 g/mol. The van der Waals surface area contributed by atoms with Gasteiger partial charge < -0.3 is 38.8 Å². The molecule has 4 heterocycles. The summed E-state index contributed by atoms with van der Waals surface area (Å²) in [5, 5.41) is 14.1. The molecular formula is C45H47N5O7. The Morgan fingerprint density at radius 3 is 1.44 bits per heavy atom. The molecule has 3 amide bonds. The molecule has 294 valence electrons. The van der Waals surface area contributed by atoms with E-state index in [1.807, 2.05) is 97.2 Å². The number of nitrogens with one attached hydrogen (secondary N) is 1. The summed E-state index contributed by atoms with van der Waals surface area (Å²) in [5.41, 5.74) is 4.87. The molecule has 0 atom stereocenters. The van der Waals surface area contributed by atoms with Crippen molar-refractivity contribution in [3.05, 3.63) is 144 Å². The third-order valence-electron chi connectivity index (χ3n) is 10.8. The number of amides is 3. The van der Waals surface area contributed by atoms with Crippen LogP contribution in [0.4, 0.5) is 9.59 Å². The second-order valence-electron chi connectivity index (χ2n) is 14.4. The first-order valence-corrected chi connectivity index (χ1v) is 19.3. The molecule has 2 saturated heterocycles. The van der Waals surface area contributed by atoms with Gasteiger partial charge in [-0.05, 0) is 84.0 Å². The van der Waals surface area contributed by atoms with Gasteiger partial charge in [0.25, 0.3) is 5.91 Å². The molecule has 0 unspecified atom stereocenters. The van der Waals surface area contributed by atoms with Gasteiger partial charge in [-0.3, -0.25) is 4.79 Å². The number of likely N-dealkylation sites (tertiary alicyclic amines) is 2. The van der Waals surface area contributed by atoms with Gasteiger partial charge in [-0.1, -0.05) is 72.8 Å². The SMILES string of the molecule is CNC(=O)c1ccc2ccn(C3CCN(C(=O)OCc4ccccc4)CC3)c2c1.O=C(O)c1ccc2ccn(C3CCN(C(=O)OCc4ccccc4)CC3)c2c1. The molecule has 4 aromatic carbocycles. The first kappa shape index (κ1) is 38.7. The number of aromatic nitrogens is 2. The molecule has 0 spiro atoms. The average Bonchev–Trinajstić information content (AvgIpc) is 3.89. The normalized spacial score (nSPS) is 14.8. The average molecular weight is 770 g/mol. The lowest BCUT2D eigenvalue weighted by Gasteiger charge is -2.32. The summed E-state index contributed by atoms with van der Waals surface area (Å²) in [5.74, 6) is -1.01. The lowest BCUT2D eigenvalue weighted by molar-refractivity contribution is 0.0695. The zero-order chi connectivity index (χ0) is 39.7. The molecule has 6 aromatic rings. The number of hydrogen-bond acceptors (Lipinski definition) is 6. The van der Waals surface area contributed by atoms with Crippen molar-refractivity contribution in [1.29, 1.82) is 0 Å². The largest absolute Gasteiger partial charge is 0.478 e. The van der Waals surface area contributed by atoms with E-state index in [2.05, 4.69) is 26.7 Å². The lowest BCUT2D eigenvalue weighted by atomic mass is 10.0. The molecule has 12 heteroatoms. The van der Waals surface area contributed by atoms with Crippen LogP contribution in [0.15, 0.2) is 122 Å². The van der Waals surface area contributed by atoms with E-state index in [1.54, 1.807) is 29.0 Å². The predicted molar refractivity (Wildman–Crippen MR) is 217 cm³/mol. The van der Waals surface area contributed by atoms with Crippen molar-refractivity contribution in [2.45, 2.75) is 51.0 Å². The Morgan fingerprint density at radius 2 is 1.02 bits per heavy atom. The highest BCUT2D eigenvalue weighted by Gasteiger charge is 2.27. The summed E-state index contributed by atoms with van der Waals surface area (Å²) in [7, 11) is 1.64. The number of piperidine rings is 2. The lowest BCUT2D eigenvalue weighted by Crippen LogP contribution is -2.39. The number of fused-ring (bicyclic) bond motifs is 2. The van der Waals surface area contributed by atoms with E-state index in [0.29, 0.717) is 44.4 Å².